The van der Waals surface area contributed by atoms with Crippen LogP contribution in [0.4, 0.5) is 0 Å². The van der Waals surface area contributed by atoms with Gasteiger partial charge in [0.2, 0.25) is 0 Å². The van der Waals surface area contributed by atoms with Crippen LogP contribution in [0, 0.1) is 5.41 Å². The average Bonchev–Trinajstić information content (AvgIpc) is 2.35. The fourth-order valence-corrected chi connectivity index (χ4v) is 1.64. The summed E-state index contributed by atoms with van der Waals surface area (Å²) in [5, 5.41) is 9.50. The van der Waals surface area contributed by atoms with E-state index in [2.05, 4.69) is 20.8 Å². The second-order valence-electron chi connectivity index (χ2n) is 7.28. The van der Waals surface area contributed by atoms with Crippen molar-refractivity contribution in [3.63, 3.8) is 0 Å². The van der Waals surface area contributed by atoms with E-state index in [9.17, 15) is 9.90 Å². The van der Waals surface area contributed by atoms with Crippen molar-refractivity contribution in [2.24, 2.45) is 5.41 Å². The maximum absolute atomic E-state index is 11.6. The maximum atomic E-state index is 11.6. The third-order valence-electron chi connectivity index (χ3n) is 2.76. The smallest absolute Gasteiger partial charge is 0.370 e. The summed E-state index contributed by atoms with van der Waals surface area (Å²) in [6, 6.07) is 0. The lowest BCUT2D eigenvalue weighted by Crippen LogP contribution is -2.45. The summed E-state index contributed by atoms with van der Waals surface area (Å²) in [6.45, 7) is 13.4. The molecule has 0 amide bonds. The van der Waals surface area contributed by atoms with Gasteiger partial charge in [-0.05, 0) is 46.0 Å². The molecule has 0 saturated carbocycles. The van der Waals surface area contributed by atoms with Gasteiger partial charge in [-0.15, -0.1) is 0 Å². The molecule has 0 unspecified atom stereocenters. The third kappa shape index (κ3) is 9.35. The minimum absolute atomic E-state index is 0.151. The fraction of sp³-hybridized carbons (Fsp3) is 0.938. The monoisotopic (exact) mass is 320 g/mol. The Kier molecular flexibility index (Phi) is 9.15. The van der Waals surface area contributed by atoms with Crippen LogP contribution in [0.15, 0.2) is 0 Å². The summed E-state index contributed by atoms with van der Waals surface area (Å²) in [6.07, 6.45) is 2.07. The van der Waals surface area contributed by atoms with Gasteiger partial charge in [0.25, 0.3) is 0 Å². The number of carboxylic acids is 1. The van der Waals surface area contributed by atoms with Gasteiger partial charge in [-0.1, -0.05) is 27.2 Å². The second kappa shape index (κ2) is 9.45. The zero-order chi connectivity index (χ0) is 17.4. The van der Waals surface area contributed by atoms with Crippen molar-refractivity contribution in [1.29, 1.82) is 0 Å². The van der Waals surface area contributed by atoms with Crippen LogP contribution in [0.2, 0.25) is 0 Å². The van der Waals surface area contributed by atoms with Crippen LogP contribution in [0.25, 0.3) is 0 Å². The molecule has 132 valence electrons. The molecule has 0 aromatic heterocycles. The first-order valence-corrected chi connectivity index (χ1v) is 7.91. The molecule has 22 heavy (non-hydrogen) atoms. The SMILES string of the molecule is CC(C)OOC(CCCCC(C)(C)C)(OOC(C)C)C(=O)O. The molecule has 0 spiro atoms. The van der Waals surface area contributed by atoms with E-state index in [0.29, 0.717) is 6.42 Å². The quantitative estimate of drug-likeness (QED) is 0.267. The summed E-state index contributed by atoms with van der Waals surface area (Å²) >= 11 is 0. The van der Waals surface area contributed by atoms with Gasteiger partial charge < -0.3 is 5.11 Å². The fourth-order valence-electron chi connectivity index (χ4n) is 1.64. The van der Waals surface area contributed by atoms with Crippen LogP contribution < -0.4 is 0 Å². The van der Waals surface area contributed by atoms with Crippen LogP contribution >= 0.6 is 0 Å². The number of hydrogen-bond acceptors (Lipinski definition) is 5. The number of aliphatic carboxylic acids is 1. The van der Waals surface area contributed by atoms with Crippen molar-refractivity contribution in [1.82, 2.24) is 0 Å². The van der Waals surface area contributed by atoms with Gasteiger partial charge in [0.05, 0.1) is 12.2 Å². The minimum Gasteiger partial charge on any atom is -0.477 e. The Bertz CT molecular complexity index is 307. The van der Waals surface area contributed by atoms with E-state index < -0.39 is 11.8 Å². The van der Waals surface area contributed by atoms with Gasteiger partial charge in [0.1, 0.15) is 0 Å². The number of hydrogen-bond donors (Lipinski definition) is 1. The van der Waals surface area contributed by atoms with Crippen molar-refractivity contribution in [2.45, 2.75) is 92.1 Å². The first-order valence-electron chi connectivity index (χ1n) is 7.91. The lowest BCUT2D eigenvalue weighted by atomic mass is 9.89. The lowest BCUT2D eigenvalue weighted by molar-refractivity contribution is -0.511. The van der Waals surface area contributed by atoms with Gasteiger partial charge in [-0.3, -0.25) is 0 Å². The Labute approximate surface area is 133 Å². The van der Waals surface area contributed by atoms with Gasteiger partial charge >= 0.3 is 11.8 Å². The predicted octanol–water partition coefficient (Wildman–Crippen LogP) is 4.09. The molecular formula is C16H32O6. The van der Waals surface area contributed by atoms with Crippen LogP contribution in [0.1, 0.15) is 74.1 Å². The van der Waals surface area contributed by atoms with Crippen molar-refractivity contribution < 1.29 is 29.5 Å². The van der Waals surface area contributed by atoms with Gasteiger partial charge in [0.15, 0.2) is 0 Å². The van der Waals surface area contributed by atoms with Crippen LogP contribution in [0.3, 0.4) is 0 Å². The first-order chi connectivity index (χ1) is 9.98. The number of rotatable bonds is 11. The summed E-state index contributed by atoms with van der Waals surface area (Å²) in [5.41, 5.74) is 0.205. The standard InChI is InChI=1S/C16H32O6/c1-12(2)19-21-16(14(17)18,22-20-13(3)4)11-9-8-10-15(5,6)7/h12-13H,8-11H2,1-7H3,(H,17,18). The molecular weight excluding hydrogens is 288 g/mol. The number of carboxylic acid groups (broad SMARTS) is 1. The van der Waals surface area contributed by atoms with E-state index in [-0.39, 0.29) is 24.0 Å². The highest BCUT2D eigenvalue weighted by molar-refractivity contribution is 5.75. The van der Waals surface area contributed by atoms with Gasteiger partial charge in [-0.2, -0.15) is 9.78 Å². The molecule has 0 aromatic rings. The Morgan fingerprint density at radius 1 is 0.909 bits per heavy atom. The van der Waals surface area contributed by atoms with Crippen molar-refractivity contribution in [3.05, 3.63) is 0 Å². The van der Waals surface area contributed by atoms with Gasteiger partial charge in [0, 0.05) is 6.42 Å². The lowest BCUT2D eigenvalue weighted by Gasteiger charge is -2.28. The summed E-state index contributed by atoms with van der Waals surface area (Å²) in [4.78, 5) is 31.8. The highest BCUT2D eigenvalue weighted by Gasteiger charge is 2.45. The van der Waals surface area contributed by atoms with E-state index >= 15 is 0 Å². The topological polar surface area (TPSA) is 74.2 Å². The number of carbonyl (C=O) groups is 1. The van der Waals surface area contributed by atoms with E-state index in [0.717, 1.165) is 12.8 Å². The normalized spacial score (nSPS) is 13.1. The summed E-state index contributed by atoms with van der Waals surface area (Å²) < 4.78 is 0. The largest absolute Gasteiger partial charge is 0.477 e. The van der Waals surface area contributed by atoms with Crippen LogP contribution in [0.5, 0.6) is 0 Å². The molecule has 0 aromatic carbocycles. The molecule has 0 heterocycles. The predicted molar refractivity (Wildman–Crippen MR) is 82.9 cm³/mol. The maximum Gasteiger partial charge on any atom is 0.370 e. The van der Waals surface area contributed by atoms with E-state index in [1.807, 2.05) is 0 Å². The van der Waals surface area contributed by atoms with E-state index in [1.54, 1.807) is 27.7 Å². The Morgan fingerprint density at radius 2 is 1.32 bits per heavy atom. The Morgan fingerprint density at radius 3 is 1.64 bits per heavy atom. The Hall–Kier alpha value is -0.690. The molecule has 0 bridgehead atoms. The van der Waals surface area contributed by atoms with Crippen molar-refractivity contribution in [2.75, 3.05) is 0 Å². The molecule has 1 N–H and O–H groups in total. The minimum atomic E-state index is -1.94. The summed E-state index contributed by atoms with van der Waals surface area (Å²) in [5.74, 6) is -3.20. The van der Waals surface area contributed by atoms with Crippen LogP contribution in [-0.4, -0.2) is 29.1 Å². The first kappa shape index (κ1) is 21.3. The zero-order valence-corrected chi connectivity index (χ0v) is 15.0. The van der Waals surface area contributed by atoms with Gasteiger partial charge in [-0.25, -0.2) is 14.6 Å². The Balaban J connectivity index is 4.74. The van der Waals surface area contributed by atoms with Crippen molar-refractivity contribution >= 4 is 5.97 Å². The average molecular weight is 320 g/mol. The molecule has 0 rings (SSSR count). The van der Waals surface area contributed by atoms with Crippen LogP contribution in [-0.2, 0) is 24.3 Å². The summed E-state index contributed by atoms with van der Waals surface area (Å²) in [7, 11) is 0. The number of unbranched alkanes of at least 4 members (excludes halogenated alkanes) is 1. The highest BCUT2D eigenvalue weighted by Crippen LogP contribution is 2.27. The molecule has 0 aliphatic carbocycles. The molecule has 0 aliphatic heterocycles. The van der Waals surface area contributed by atoms with E-state index in [4.69, 9.17) is 19.6 Å². The van der Waals surface area contributed by atoms with Crippen molar-refractivity contribution in [3.8, 4) is 0 Å². The molecule has 0 atom stereocenters. The second-order valence-corrected chi connectivity index (χ2v) is 7.28. The molecule has 6 heteroatoms. The third-order valence-corrected chi connectivity index (χ3v) is 2.76. The molecule has 0 radical (unpaired) electrons. The molecule has 6 nitrogen and oxygen atoms in total. The van der Waals surface area contributed by atoms with E-state index in [1.165, 1.54) is 0 Å². The molecule has 0 fully saturated rings. The molecule has 0 saturated heterocycles. The zero-order valence-electron chi connectivity index (χ0n) is 15.0. The highest BCUT2D eigenvalue weighted by atomic mass is 17.3. The molecule has 0 aliphatic rings.